The lowest BCUT2D eigenvalue weighted by molar-refractivity contribution is 0.0998. The second-order valence-electron chi connectivity index (χ2n) is 4.95. The van der Waals surface area contributed by atoms with Gasteiger partial charge in [-0.25, -0.2) is 4.99 Å². The molecule has 2 heteroatoms. The van der Waals surface area contributed by atoms with E-state index in [1.807, 2.05) is 24.3 Å². The van der Waals surface area contributed by atoms with Gasteiger partial charge in [-0.15, -0.1) is 0 Å². The number of carbonyl (C=O) groups excluding carboxylic acids is 1. The van der Waals surface area contributed by atoms with Crippen molar-refractivity contribution in [3.63, 3.8) is 0 Å². The van der Waals surface area contributed by atoms with Crippen molar-refractivity contribution in [2.24, 2.45) is 10.4 Å². The van der Waals surface area contributed by atoms with Gasteiger partial charge in [-0.1, -0.05) is 39.0 Å². The Bertz CT molecular complexity index is 438. The molecule has 1 aromatic rings. The first kappa shape index (κ1) is 10.1. The molecule has 0 radical (unpaired) electrons. The highest BCUT2D eigenvalue weighted by molar-refractivity contribution is 6.10. The van der Waals surface area contributed by atoms with Crippen LogP contribution in [0.5, 0.6) is 0 Å². The highest BCUT2D eigenvalue weighted by atomic mass is 16.1. The highest BCUT2D eigenvalue weighted by Crippen LogP contribution is 2.25. The maximum atomic E-state index is 11.8. The average molecular weight is 201 g/mol. The van der Waals surface area contributed by atoms with Crippen LogP contribution in [0.15, 0.2) is 29.3 Å². The molecule has 0 saturated carbocycles. The minimum Gasteiger partial charge on any atom is -0.267 e. The van der Waals surface area contributed by atoms with Crippen molar-refractivity contribution < 1.29 is 4.79 Å². The zero-order valence-corrected chi connectivity index (χ0v) is 9.37. The molecule has 15 heavy (non-hydrogen) atoms. The van der Waals surface area contributed by atoms with E-state index >= 15 is 0 Å². The van der Waals surface area contributed by atoms with Gasteiger partial charge in [-0.05, 0) is 11.6 Å². The Labute approximate surface area is 90.0 Å². The fraction of sp³-hybridized carbons (Fsp3) is 0.385. The zero-order valence-electron chi connectivity index (χ0n) is 9.37. The van der Waals surface area contributed by atoms with Gasteiger partial charge >= 0.3 is 0 Å². The van der Waals surface area contributed by atoms with Gasteiger partial charge in [-0.3, -0.25) is 4.79 Å². The smallest absolute Gasteiger partial charge is 0.267 e. The molecule has 1 aromatic carbocycles. The fourth-order valence-electron chi connectivity index (χ4n) is 1.72. The molecule has 0 unspecified atom stereocenters. The molecule has 1 amide bonds. The minimum absolute atomic E-state index is 0.0246. The summed E-state index contributed by atoms with van der Waals surface area (Å²) >= 11 is 0. The Kier molecular flexibility index (Phi) is 2.22. The van der Waals surface area contributed by atoms with Crippen LogP contribution >= 0.6 is 0 Å². The third kappa shape index (κ3) is 1.84. The van der Waals surface area contributed by atoms with E-state index in [9.17, 15) is 4.79 Å². The molecule has 1 aliphatic rings. The van der Waals surface area contributed by atoms with Gasteiger partial charge < -0.3 is 0 Å². The third-order valence-corrected chi connectivity index (χ3v) is 2.71. The van der Waals surface area contributed by atoms with Crippen molar-refractivity contribution in [2.45, 2.75) is 27.2 Å². The largest absolute Gasteiger partial charge is 0.277 e. The summed E-state index contributed by atoms with van der Waals surface area (Å²) in [6.45, 7) is 6.27. The molecule has 0 fully saturated rings. The van der Waals surface area contributed by atoms with E-state index in [2.05, 4.69) is 25.8 Å². The second kappa shape index (κ2) is 3.30. The third-order valence-electron chi connectivity index (χ3n) is 2.71. The number of hydrogen-bond donors (Lipinski definition) is 0. The SMILES string of the molecule is CC(C)(C)C1=NC(=O)c2ccccc2C1. The van der Waals surface area contributed by atoms with E-state index < -0.39 is 0 Å². The van der Waals surface area contributed by atoms with Crippen molar-refractivity contribution in [3.8, 4) is 0 Å². The lowest BCUT2D eigenvalue weighted by Crippen LogP contribution is -2.27. The van der Waals surface area contributed by atoms with Crippen LogP contribution in [0.1, 0.15) is 36.7 Å². The number of amides is 1. The number of hydrogen-bond acceptors (Lipinski definition) is 1. The summed E-state index contributed by atoms with van der Waals surface area (Å²) in [4.78, 5) is 15.9. The Balaban J connectivity index is 2.45. The summed E-state index contributed by atoms with van der Waals surface area (Å²) in [6, 6.07) is 7.71. The van der Waals surface area contributed by atoms with Gasteiger partial charge in [0.15, 0.2) is 0 Å². The number of fused-ring (bicyclic) bond motifs is 1. The van der Waals surface area contributed by atoms with Crippen LogP contribution in [0.4, 0.5) is 0 Å². The molecule has 0 atom stereocenters. The topological polar surface area (TPSA) is 29.4 Å². The molecule has 0 bridgehead atoms. The summed E-state index contributed by atoms with van der Waals surface area (Å²) in [6.07, 6.45) is 0.797. The van der Waals surface area contributed by atoms with E-state index in [0.29, 0.717) is 0 Å². The van der Waals surface area contributed by atoms with E-state index in [1.165, 1.54) is 0 Å². The molecule has 0 spiro atoms. The summed E-state index contributed by atoms with van der Waals surface area (Å²) in [5.74, 6) is -0.0956. The predicted octanol–water partition coefficient (Wildman–Crippen LogP) is 2.87. The molecule has 0 saturated heterocycles. The normalized spacial score (nSPS) is 15.9. The summed E-state index contributed by atoms with van der Waals surface area (Å²) in [7, 11) is 0. The van der Waals surface area contributed by atoms with Crippen molar-refractivity contribution in [1.82, 2.24) is 0 Å². The van der Waals surface area contributed by atoms with Crippen LogP contribution in [0.3, 0.4) is 0 Å². The molecule has 0 N–H and O–H groups in total. The Hall–Kier alpha value is -1.44. The van der Waals surface area contributed by atoms with Crippen molar-refractivity contribution in [3.05, 3.63) is 35.4 Å². The Morgan fingerprint density at radius 3 is 2.53 bits per heavy atom. The molecular formula is C13H15NO. The van der Waals surface area contributed by atoms with Gasteiger partial charge in [0.05, 0.1) is 0 Å². The standard InChI is InChI=1S/C13H15NO/c1-13(2,3)11-8-9-6-4-5-7-10(9)12(15)14-11/h4-7H,8H2,1-3H3. The molecule has 1 heterocycles. The quantitative estimate of drug-likeness (QED) is 0.634. The average Bonchev–Trinajstić information content (AvgIpc) is 2.16. The van der Waals surface area contributed by atoms with E-state index in [-0.39, 0.29) is 11.3 Å². The summed E-state index contributed by atoms with van der Waals surface area (Å²) < 4.78 is 0. The summed E-state index contributed by atoms with van der Waals surface area (Å²) in [5.41, 5.74) is 2.81. The maximum absolute atomic E-state index is 11.8. The maximum Gasteiger partial charge on any atom is 0.277 e. The first-order valence-corrected chi connectivity index (χ1v) is 5.19. The predicted molar refractivity (Wildman–Crippen MR) is 61.4 cm³/mol. The highest BCUT2D eigenvalue weighted by Gasteiger charge is 2.26. The van der Waals surface area contributed by atoms with Gasteiger partial charge in [0.2, 0.25) is 0 Å². The van der Waals surface area contributed by atoms with Gasteiger partial charge in [0.25, 0.3) is 5.91 Å². The summed E-state index contributed by atoms with van der Waals surface area (Å²) in [5, 5.41) is 0. The molecule has 0 aliphatic carbocycles. The minimum atomic E-state index is -0.0956. The van der Waals surface area contributed by atoms with Crippen LogP contribution < -0.4 is 0 Å². The van der Waals surface area contributed by atoms with Crippen LogP contribution in [0.25, 0.3) is 0 Å². The molecular weight excluding hydrogens is 186 g/mol. The van der Waals surface area contributed by atoms with Crippen LogP contribution in [0, 0.1) is 5.41 Å². The van der Waals surface area contributed by atoms with E-state index in [1.54, 1.807) is 0 Å². The number of carbonyl (C=O) groups is 1. The van der Waals surface area contributed by atoms with E-state index in [0.717, 1.165) is 23.3 Å². The van der Waals surface area contributed by atoms with Crippen molar-refractivity contribution in [2.75, 3.05) is 0 Å². The molecule has 2 nitrogen and oxygen atoms in total. The Morgan fingerprint density at radius 2 is 1.87 bits per heavy atom. The van der Waals surface area contributed by atoms with Crippen LogP contribution in [0.2, 0.25) is 0 Å². The number of benzene rings is 1. The molecule has 78 valence electrons. The lowest BCUT2D eigenvalue weighted by atomic mass is 9.83. The van der Waals surface area contributed by atoms with Gasteiger partial charge in [0, 0.05) is 23.1 Å². The van der Waals surface area contributed by atoms with Crippen LogP contribution in [-0.2, 0) is 6.42 Å². The van der Waals surface area contributed by atoms with Gasteiger partial charge in [-0.2, -0.15) is 0 Å². The number of rotatable bonds is 0. The number of aliphatic imine (C=N–C) groups is 1. The van der Waals surface area contributed by atoms with E-state index in [4.69, 9.17) is 0 Å². The monoisotopic (exact) mass is 201 g/mol. The zero-order chi connectivity index (χ0) is 11.1. The van der Waals surface area contributed by atoms with Crippen molar-refractivity contribution in [1.29, 1.82) is 0 Å². The number of nitrogens with zero attached hydrogens (tertiary/aromatic N) is 1. The molecule has 0 aromatic heterocycles. The Morgan fingerprint density at radius 1 is 1.20 bits per heavy atom. The molecule has 1 aliphatic heterocycles. The van der Waals surface area contributed by atoms with Crippen LogP contribution in [-0.4, -0.2) is 11.6 Å². The van der Waals surface area contributed by atoms with Crippen molar-refractivity contribution >= 4 is 11.6 Å². The second-order valence-corrected chi connectivity index (χ2v) is 4.95. The first-order chi connectivity index (χ1) is 6.98. The fourth-order valence-corrected chi connectivity index (χ4v) is 1.72. The van der Waals surface area contributed by atoms with Gasteiger partial charge in [0.1, 0.15) is 0 Å². The first-order valence-electron chi connectivity index (χ1n) is 5.19. The lowest BCUT2D eigenvalue weighted by Gasteiger charge is -2.25. The molecule has 2 rings (SSSR count).